The van der Waals surface area contributed by atoms with Crippen molar-refractivity contribution in [2.24, 2.45) is 0 Å². The van der Waals surface area contributed by atoms with Crippen LogP contribution in [0, 0.1) is 0 Å². The zero-order chi connectivity index (χ0) is 19.3. The summed E-state index contributed by atoms with van der Waals surface area (Å²) in [5.41, 5.74) is 1.23. The first kappa shape index (κ1) is 19.7. The molecule has 2 aliphatic heterocycles. The molecule has 2 N–H and O–H groups in total. The summed E-state index contributed by atoms with van der Waals surface area (Å²) >= 11 is 6.18. The standard InChI is InChI=1S/C23H29ClN2O2/c24-19-11-9-18(10-12-19)21(25-13-3-1-4-14-25)22(26-15-5-2-6-16-26)23(27)20-8-7-17-28-20/h7-12,17,21-22H,1-6,13-16H2/p+2. The number of piperidine rings is 2. The van der Waals surface area contributed by atoms with Crippen molar-refractivity contribution < 1.29 is 19.0 Å². The highest BCUT2D eigenvalue weighted by Crippen LogP contribution is 2.21. The highest BCUT2D eigenvalue weighted by molar-refractivity contribution is 6.30. The average molecular weight is 403 g/mol. The molecule has 4 rings (SSSR count). The smallest absolute Gasteiger partial charge is 0.261 e. The fourth-order valence-corrected chi connectivity index (χ4v) is 5.24. The van der Waals surface area contributed by atoms with Crippen molar-refractivity contribution >= 4 is 17.4 Å². The summed E-state index contributed by atoms with van der Waals surface area (Å²) in [4.78, 5) is 16.6. The van der Waals surface area contributed by atoms with E-state index in [4.69, 9.17) is 16.0 Å². The molecule has 0 aliphatic carbocycles. The average Bonchev–Trinajstić information content (AvgIpc) is 3.29. The van der Waals surface area contributed by atoms with Gasteiger partial charge in [0.2, 0.25) is 6.04 Å². The lowest BCUT2D eigenvalue weighted by atomic mass is 9.89. The van der Waals surface area contributed by atoms with Gasteiger partial charge in [-0.25, -0.2) is 0 Å². The normalized spacial score (nSPS) is 21.3. The summed E-state index contributed by atoms with van der Waals surface area (Å²) in [5.74, 6) is 0.651. The molecule has 1 aromatic heterocycles. The van der Waals surface area contributed by atoms with Crippen LogP contribution in [0.4, 0.5) is 0 Å². The number of ketones is 1. The fourth-order valence-electron chi connectivity index (χ4n) is 5.11. The van der Waals surface area contributed by atoms with Crippen LogP contribution in [0.2, 0.25) is 5.02 Å². The molecule has 2 unspecified atom stereocenters. The molecule has 0 spiro atoms. The topological polar surface area (TPSA) is 39.1 Å². The highest BCUT2D eigenvalue weighted by Gasteiger charge is 2.46. The van der Waals surface area contributed by atoms with Crippen molar-refractivity contribution in [3.63, 3.8) is 0 Å². The lowest BCUT2D eigenvalue weighted by Crippen LogP contribution is -3.24. The molecule has 2 aromatic rings. The first-order valence-electron chi connectivity index (χ1n) is 10.8. The Bertz CT molecular complexity index is 747. The van der Waals surface area contributed by atoms with Crippen LogP contribution in [0.15, 0.2) is 47.1 Å². The summed E-state index contributed by atoms with van der Waals surface area (Å²) in [7, 11) is 0. The summed E-state index contributed by atoms with van der Waals surface area (Å²) in [6.45, 7) is 4.38. The minimum Gasteiger partial charge on any atom is -0.461 e. The largest absolute Gasteiger partial charge is 0.461 e. The third-order valence-corrected chi connectivity index (χ3v) is 6.73. The van der Waals surface area contributed by atoms with E-state index in [-0.39, 0.29) is 17.9 Å². The molecule has 4 nitrogen and oxygen atoms in total. The third-order valence-electron chi connectivity index (χ3n) is 6.48. The van der Waals surface area contributed by atoms with E-state index in [2.05, 4.69) is 12.1 Å². The van der Waals surface area contributed by atoms with Gasteiger partial charge in [-0.2, -0.15) is 0 Å². The molecule has 0 saturated carbocycles. The summed E-state index contributed by atoms with van der Waals surface area (Å²) in [6, 6.07) is 11.9. The lowest BCUT2D eigenvalue weighted by molar-refractivity contribution is -0.997. The van der Waals surface area contributed by atoms with Crippen LogP contribution in [0.1, 0.15) is 60.7 Å². The van der Waals surface area contributed by atoms with Gasteiger partial charge in [-0.05, 0) is 62.8 Å². The van der Waals surface area contributed by atoms with E-state index >= 15 is 0 Å². The van der Waals surface area contributed by atoms with Gasteiger partial charge < -0.3 is 14.2 Å². The number of benzene rings is 1. The lowest BCUT2D eigenvalue weighted by Gasteiger charge is -2.39. The number of carbonyl (C=O) groups excluding carboxylic acids is 1. The molecule has 0 radical (unpaired) electrons. The maximum atomic E-state index is 13.7. The van der Waals surface area contributed by atoms with Gasteiger partial charge in [0.05, 0.1) is 32.4 Å². The van der Waals surface area contributed by atoms with Gasteiger partial charge >= 0.3 is 0 Å². The molecule has 2 atom stereocenters. The predicted molar refractivity (Wildman–Crippen MR) is 110 cm³/mol. The van der Waals surface area contributed by atoms with Gasteiger partial charge in [-0.3, -0.25) is 4.79 Å². The van der Waals surface area contributed by atoms with E-state index in [0.29, 0.717) is 5.76 Å². The molecule has 5 heteroatoms. The predicted octanol–water partition coefficient (Wildman–Crippen LogP) is 2.36. The van der Waals surface area contributed by atoms with Crippen molar-refractivity contribution in [3.8, 4) is 0 Å². The first-order valence-corrected chi connectivity index (χ1v) is 11.1. The number of rotatable bonds is 6. The summed E-state index contributed by atoms with van der Waals surface area (Å²) < 4.78 is 5.57. The van der Waals surface area contributed by atoms with Crippen LogP contribution in [0.25, 0.3) is 0 Å². The van der Waals surface area contributed by atoms with E-state index in [1.807, 2.05) is 24.3 Å². The number of nitrogens with one attached hydrogen (secondary N) is 2. The number of likely N-dealkylation sites (tertiary alicyclic amines) is 2. The molecule has 1 aromatic carbocycles. The van der Waals surface area contributed by atoms with Gasteiger partial charge in [-0.15, -0.1) is 0 Å². The Morgan fingerprint density at radius 3 is 2.04 bits per heavy atom. The first-order chi connectivity index (χ1) is 13.7. The minimum absolute atomic E-state index is 0.110. The minimum atomic E-state index is -0.110. The quantitative estimate of drug-likeness (QED) is 0.728. The molecule has 28 heavy (non-hydrogen) atoms. The molecule has 3 heterocycles. The number of halogens is 1. The molecule has 0 amide bonds. The van der Waals surface area contributed by atoms with Gasteiger partial charge in [0.1, 0.15) is 0 Å². The van der Waals surface area contributed by atoms with Crippen LogP contribution < -0.4 is 9.80 Å². The van der Waals surface area contributed by atoms with Crippen LogP contribution in [-0.4, -0.2) is 38.0 Å². The zero-order valence-corrected chi connectivity index (χ0v) is 17.2. The van der Waals surface area contributed by atoms with Gasteiger partial charge in [0, 0.05) is 10.6 Å². The number of carbonyl (C=O) groups is 1. The molecular weight excluding hydrogens is 372 g/mol. The molecule has 2 aliphatic rings. The van der Waals surface area contributed by atoms with E-state index in [1.165, 1.54) is 53.9 Å². The van der Waals surface area contributed by atoms with E-state index in [1.54, 1.807) is 6.26 Å². The van der Waals surface area contributed by atoms with E-state index < -0.39 is 0 Å². The molecule has 150 valence electrons. The van der Waals surface area contributed by atoms with Crippen LogP contribution in [-0.2, 0) is 0 Å². The van der Waals surface area contributed by atoms with E-state index in [0.717, 1.165) is 31.2 Å². The number of quaternary nitrogens is 2. The van der Waals surface area contributed by atoms with Crippen LogP contribution >= 0.6 is 11.6 Å². The number of hydrogen-bond acceptors (Lipinski definition) is 2. The Labute approximate surface area is 172 Å². The van der Waals surface area contributed by atoms with Crippen LogP contribution in [0.3, 0.4) is 0 Å². The second-order valence-corrected chi connectivity index (χ2v) is 8.72. The van der Waals surface area contributed by atoms with Crippen molar-refractivity contribution in [2.75, 3.05) is 26.2 Å². The molecule has 2 saturated heterocycles. The van der Waals surface area contributed by atoms with E-state index in [9.17, 15) is 4.79 Å². The van der Waals surface area contributed by atoms with Crippen LogP contribution in [0.5, 0.6) is 0 Å². The van der Waals surface area contributed by atoms with Gasteiger partial charge in [0.25, 0.3) is 5.78 Å². The third kappa shape index (κ3) is 4.35. The van der Waals surface area contributed by atoms with Crippen molar-refractivity contribution in [3.05, 3.63) is 59.0 Å². The maximum absolute atomic E-state index is 13.7. The molecular formula is C23H31ClN2O2+2. The van der Waals surface area contributed by atoms with Crippen molar-refractivity contribution in [2.45, 2.75) is 50.6 Å². The summed E-state index contributed by atoms with van der Waals surface area (Å²) in [6.07, 6.45) is 9.03. The summed E-state index contributed by atoms with van der Waals surface area (Å²) in [5, 5.41) is 0.746. The van der Waals surface area contributed by atoms with Gasteiger partial charge in [-0.1, -0.05) is 23.7 Å². The van der Waals surface area contributed by atoms with Crippen molar-refractivity contribution in [1.29, 1.82) is 0 Å². The molecule has 0 bridgehead atoms. The fraction of sp³-hybridized carbons (Fsp3) is 0.522. The second kappa shape index (κ2) is 9.25. The zero-order valence-electron chi connectivity index (χ0n) is 16.5. The maximum Gasteiger partial charge on any atom is 0.261 e. The second-order valence-electron chi connectivity index (χ2n) is 8.29. The Morgan fingerprint density at radius 2 is 1.46 bits per heavy atom. The Kier molecular flexibility index (Phi) is 6.50. The molecule has 2 fully saturated rings. The number of Topliss-reactive ketones (excluding diaryl/α,β-unsaturated/α-hetero) is 1. The Hall–Kier alpha value is -1.62. The highest BCUT2D eigenvalue weighted by atomic mass is 35.5. The van der Waals surface area contributed by atoms with Gasteiger partial charge in [0.15, 0.2) is 11.8 Å². The SMILES string of the molecule is O=C(c1ccco1)C(C(c1ccc(Cl)cc1)[NH+]1CCCCC1)[NH+]1CCCCC1. The monoisotopic (exact) mass is 402 g/mol. The Morgan fingerprint density at radius 1 is 0.857 bits per heavy atom. The Balaban J connectivity index is 1.74. The number of furan rings is 1. The number of hydrogen-bond donors (Lipinski definition) is 2. The van der Waals surface area contributed by atoms with Crippen molar-refractivity contribution in [1.82, 2.24) is 0 Å².